The van der Waals surface area contributed by atoms with Gasteiger partial charge < -0.3 is 21.6 Å². The Hall–Kier alpha value is -2.71. The number of rotatable bonds is 6. The van der Waals surface area contributed by atoms with Gasteiger partial charge in [-0.3, -0.25) is 4.79 Å². The predicted octanol–water partition coefficient (Wildman–Crippen LogP) is -0.313. The highest BCUT2D eigenvalue weighted by Gasteiger charge is 2.12. The number of aromatic nitrogens is 2. The highest BCUT2D eigenvalue weighted by molar-refractivity contribution is 5.79. The number of benzene rings is 1. The number of hydrazine groups is 1. The van der Waals surface area contributed by atoms with Crippen LogP contribution in [0.3, 0.4) is 0 Å². The quantitative estimate of drug-likeness (QED) is 0.363. The van der Waals surface area contributed by atoms with Crippen LogP contribution in [0, 0.1) is 0 Å². The van der Waals surface area contributed by atoms with Crippen molar-refractivity contribution in [1.82, 2.24) is 9.97 Å². The summed E-state index contributed by atoms with van der Waals surface area (Å²) in [5.74, 6) is 5.85. The van der Waals surface area contributed by atoms with Gasteiger partial charge in [0.25, 0.3) is 0 Å². The summed E-state index contributed by atoms with van der Waals surface area (Å²) in [7, 11) is 0. The SMILES string of the molecule is NNc1cc(NCC(O)C(N)=O)nc(-c2ccccc2)n1. The summed E-state index contributed by atoms with van der Waals surface area (Å²) < 4.78 is 0. The van der Waals surface area contributed by atoms with Gasteiger partial charge in [-0.25, -0.2) is 15.8 Å². The van der Waals surface area contributed by atoms with Gasteiger partial charge in [0.05, 0.1) is 6.54 Å². The standard InChI is InChI=1S/C13H16N6O2/c14-12(21)9(20)7-16-10-6-11(19-15)18-13(17-10)8-4-2-1-3-5-8/h1-6,9,20H,7,15H2,(H2,14,21)(H2,16,17,18,19). The molecule has 0 radical (unpaired) electrons. The molecule has 21 heavy (non-hydrogen) atoms. The van der Waals surface area contributed by atoms with E-state index in [0.29, 0.717) is 17.5 Å². The van der Waals surface area contributed by atoms with Crippen molar-refractivity contribution in [2.24, 2.45) is 11.6 Å². The summed E-state index contributed by atoms with van der Waals surface area (Å²) in [4.78, 5) is 19.3. The van der Waals surface area contributed by atoms with E-state index < -0.39 is 12.0 Å². The van der Waals surface area contributed by atoms with Gasteiger partial charge in [0, 0.05) is 11.6 Å². The molecule has 8 heteroatoms. The minimum Gasteiger partial charge on any atom is -0.381 e. The van der Waals surface area contributed by atoms with Crippen LogP contribution in [0.2, 0.25) is 0 Å². The Balaban J connectivity index is 2.24. The maximum atomic E-state index is 10.8. The second kappa shape index (κ2) is 6.64. The lowest BCUT2D eigenvalue weighted by Gasteiger charge is -2.11. The average molecular weight is 288 g/mol. The fourth-order valence-electron chi connectivity index (χ4n) is 1.63. The molecule has 2 rings (SSSR count). The van der Waals surface area contributed by atoms with Crippen molar-refractivity contribution >= 4 is 17.5 Å². The molecule has 0 aliphatic rings. The largest absolute Gasteiger partial charge is 0.381 e. The molecule has 8 nitrogen and oxygen atoms in total. The van der Waals surface area contributed by atoms with E-state index in [1.54, 1.807) is 6.07 Å². The number of amides is 1. The van der Waals surface area contributed by atoms with Crippen LogP contribution in [-0.2, 0) is 4.79 Å². The lowest BCUT2D eigenvalue weighted by molar-refractivity contribution is -0.125. The van der Waals surface area contributed by atoms with Crippen molar-refractivity contribution in [1.29, 1.82) is 0 Å². The summed E-state index contributed by atoms with van der Waals surface area (Å²) in [6.45, 7) is -0.0510. The van der Waals surface area contributed by atoms with Crippen LogP contribution in [0.1, 0.15) is 0 Å². The van der Waals surface area contributed by atoms with Crippen LogP contribution in [-0.4, -0.2) is 33.6 Å². The Bertz CT molecular complexity index is 619. The molecule has 7 N–H and O–H groups in total. The van der Waals surface area contributed by atoms with Crippen molar-refractivity contribution in [2.75, 3.05) is 17.3 Å². The zero-order valence-corrected chi connectivity index (χ0v) is 11.2. The van der Waals surface area contributed by atoms with Crippen molar-refractivity contribution in [2.45, 2.75) is 6.10 Å². The second-order valence-electron chi connectivity index (χ2n) is 4.27. The number of nitrogens with zero attached hydrogens (tertiary/aromatic N) is 2. The van der Waals surface area contributed by atoms with Gasteiger partial charge in [0.1, 0.15) is 17.7 Å². The molecule has 0 saturated carbocycles. The van der Waals surface area contributed by atoms with Gasteiger partial charge in [0.2, 0.25) is 5.91 Å². The van der Waals surface area contributed by atoms with Crippen molar-refractivity contribution < 1.29 is 9.90 Å². The molecule has 1 unspecified atom stereocenters. The van der Waals surface area contributed by atoms with E-state index in [2.05, 4.69) is 20.7 Å². The first-order valence-corrected chi connectivity index (χ1v) is 6.22. The lowest BCUT2D eigenvalue weighted by atomic mass is 10.2. The summed E-state index contributed by atoms with van der Waals surface area (Å²) in [6.07, 6.45) is -1.30. The van der Waals surface area contributed by atoms with Crippen molar-refractivity contribution in [3.8, 4) is 11.4 Å². The molecule has 2 aromatic rings. The number of hydrogen-bond acceptors (Lipinski definition) is 7. The fourth-order valence-corrected chi connectivity index (χ4v) is 1.63. The first kappa shape index (κ1) is 14.7. The third kappa shape index (κ3) is 3.88. The number of aliphatic hydroxyl groups is 1. The van der Waals surface area contributed by atoms with Crippen LogP contribution in [0.5, 0.6) is 0 Å². The molecule has 0 spiro atoms. The molecule has 0 aliphatic carbocycles. The number of carbonyl (C=O) groups excluding carboxylic acids is 1. The Kier molecular flexibility index (Phi) is 4.64. The minimum atomic E-state index is -1.30. The van der Waals surface area contributed by atoms with Gasteiger partial charge >= 0.3 is 0 Å². The number of nitrogen functional groups attached to an aromatic ring is 1. The Morgan fingerprint density at radius 3 is 2.52 bits per heavy atom. The van der Waals surface area contributed by atoms with Gasteiger partial charge in [-0.1, -0.05) is 30.3 Å². The van der Waals surface area contributed by atoms with E-state index in [1.807, 2.05) is 30.3 Å². The van der Waals surface area contributed by atoms with Gasteiger partial charge in [0.15, 0.2) is 5.82 Å². The zero-order chi connectivity index (χ0) is 15.2. The maximum Gasteiger partial charge on any atom is 0.248 e. The Morgan fingerprint density at radius 2 is 1.90 bits per heavy atom. The zero-order valence-electron chi connectivity index (χ0n) is 11.2. The molecule has 1 heterocycles. The molecule has 0 aliphatic heterocycles. The van der Waals surface area contributed by atoms with Crippen LogP contribution in [0.25, 0.3) is 11.4 Å². The molecule has 1 atom stereocenters. The lowest BCUT2D eigenvalue weighted by Crippen LogP contribution is -2.34. The maximum absolute atomic E-state index is 10.8. The first-order valence-electron chi connectivity index (χ1n) is 6.22. The monoisotopic (exact) mass is 288 g/mol. The van der Waals surface area contributed by atoms with Crippen LogP contribution in [0.4, 0.5) is 11.6 Å². The number of primary amides is 1. The number of anilines is 2. The van der Waals surface area contributed by atoms with Crippen molar-refractivity contribution in [3.05, 3.63) is 36.4 Å². The number of carbonyl (C=O) groups is 1. The molecule has 0 saturated heterocycles. The number of nitrogens with two attached hydrogens (primary N) is 2. The number of hydrogen-bond donors (Lipinski definition) is 5. The van der Waals surface area contributed by atoms with E-state index in [4.69, 9.17) is 11.6 Å². The van der Waals surface area contributed by atoms with E-state index in [9.17, 15) is 9.90 Å². The number of aliphatic hydroxyl groups excluding tert-OH is 1. The molecular weight excluding hydrogens is 272 g/mol. The molecule has 1 aromatic carbocycles. The Labute approximate surface area is 121 Å². The molecular formula is C13H16N6O2. The molecule has 1 amide bonds. The fraction of sp³-hybridized carbons (Fsp3) is 0.154. The van der Waals surface area contributed by atoms with E-state index in [1.165, 1.54) is 0 Å². The van der Waals surface area contributed by atoms with Gasteiger partial charge in [-0.2, -0.15) is 0 Å². The normalized spacial score (nSPS) is 11.7. The predicted molar refractivity (Wildman–Crippen MR) is 79.0 cm³/mol. The van der Waals surface area contributed by atoms with E-state index >= 15 is 0 Å². The minimum absolute atomic E-state index is 0.0510. The Morgan fingerprint density at radius 1 is 1.24 bits per heavy atom. The molecule has 110 valence electrons. The van der Waals surface area contributed by atoms with E-state index in [0.717, 1.165) is 5.56 Å². The molecule has 1 aromatic heterocycles. The smallest absolute Gasteiger partial charge is 0.248 e. The summed E-state index contributed by atoms with van der Waals surface area (Å²) >= 11 is 0. The average Bonchev–Trinajstić information content (AvgIpc) is 2.52. The van der Waals surface area contributed by atoms with Crippen LogP contribution in [0.15, 0.2) is 36.4 Å². The third-order valence-electron chi connectivity index (χ3n) is 2.71. The summed E-state index contributed by atoms with van der Waals surface area (Å²) in [5, 5.41) is 12.2. The topological polar surface area (TPSA) is 139 Å². The van der Waals surface area contributed by atoms with Crippen LogP contribution < -0.4 is 22.3 Å². The third-order valence-corrected chi connectivity index (χ3v) is 2.71. The summed E-state index contributed by atoms with van der Waals surface area (Å²) in [6, 6.07) is 10.9. The van der Waals surface area contributed by atoms with Crippen LogP contribution >= 0.6 is 0 Å². The van der Waals surface area contributed by atoms with E-state index in [-0.39, 0.29) is 6.54 Å². The molecule has 0 bridgehead atoms. The second-order valence-corrected chi connectivity index (χ2v) is 4.27. The highest BCUT2D eigenvalue weighted by Crippen LogP contribution is 2.19. The first-order chi connectivity index (χ1) is 10.1. The number of nitrogens with one attached hydrogen (secondary N) is 2. The van der Waals surface area contributed by atoms with Crippen molar-refractivity contribution in [3.63, 3.8) is 0 Å². The molecule has 0 fully saturated rings. The van der Waals surface area contributed by atoms with Gasteiger partial charge in [-0.05, 0) is 0 Å². The van der Waals surface area contributed by atoms with Gasteiger partial charge in [-0.15, -0.1) is 0 Å². The summed E-state index contributed by atoms with van der Waals surface area (Å²) in [5.41, 5.74) is 8.24. The highest BCUT2D eigenvalue weighted by atomic mass is 16.3.